The molecule has 106 valence electrons. The summed E-state index contributed by atoms with van der Waals surface area (Å²) in [6, 6.07) is 8.70. The van der Waals surface area contributed by atoms with E-state index in [1.807, 2.05) is 7.05 Å². The van der Waals surface area contributed by atoms with Crippen molar-refractivity contribution in [1.29, 1.82) is 0 Å². The molecule has 19 heavy (non-hydrogen) atoms. The van der Waals surface area contributed by atoms with Gasteiger partial charge in [0.1, 0.15) is 0 Å². The fraction of sp³-hybridized carbons (Fsp3) is 0.533. The average molecular weight is 373 g/mol. The van der Waals surface area contributed by atoms with Crippen molar-refractivity contribution in [3.8, 4) is 0 Å². The third kappa shape index (κ3) is 4.37. The lowest BCUT2D eigenvalue weighted by Crippen LogP contribution is -2.41. The first-order valence-corrected chi connectivity index (χ1v) is 6.87. The molecule has 0 radical (unpaired) electrons. The van der Waals surface area contributed by atoms with E-state index in [1.165, 1.54) is 30.4 Å². The van der Waals surface area contributed by atoms with E-state index in [2.05, 4.69) is 46.8 Å². The molecule has 2 N–H and O–H groups in total. The van der Waals surface area contributed by atoms with Crippen LogP contribution in [-0.2, 0) is 6.42 Å². The molecule has 3 nitrogen and oxygen atoms in total. The topological polar surface area (TPSA) is 36.4 Å². The van der Waals surface area contributed by atoms with Crippen LogP contribution >= 0.6 is 24.0 Å². The van der Waals surface area contributed by atoms with Gasteiger partial charge >= 0.3 is 0 Å². The zero-order valence-electron chi connectivity index (χ0n) is 11.8. The number of halogens is 1. The van der Waals surface area contributed by atoms with Crippen LogP contribution in [0.4, 0.5) is 0 Å². The standard InChI is InChI=1S/C15H23N3.HI/c1-3-4-9-17-15(16-2)18-11-13-10-12-7-5-6-8-14(12)13;/h5-8,13H,3-4,9-11H2,1-2H3,(H2,16,17,18);1H. The van der Waals surface area contributed by atoms with Crippen molar-refractivity contribution >= 4 is 29.9 Å². The third-order valence-electron chi connectivity index (χ3n) is 3.52. The van der Waals surface area contributed by atoms with Crippen LogP contribution in [0.3, 0.4) is 0 Å². The predicted molar refractivity (Wildman–Crippen MR) is 92.6 cm³/mol. The Kier molecular flexibility index (Phi) is 7.20. The third-order valence-corrected chi connectivity index (χ3v) is 3.52. The highest BCUT2D eigenvalue weighted by molar-refractivity contribution is 14.0. The van der Waals surface area contributed by atoms with Gasteiger partial charge in [-0.15, -0.1) is 24.0 Å². The molecular formula is C15H24IN3. The minimum atomic E-state index is 0. The molecule has 0 heterocycles. The first-order chi connectivity index (χ1) is 8.85. The Morgan fingerprint density at radius 1 is 1.32 bits per heavy atom. The average Bonchev–Trinajstić information content (AvgIpc) is 2.38. The summed E-state index contributed by atoms with van der Waals surface area (Å²) < 4.78 is 0. The van der Waals surface area contributed by atoms with E-state index in [9.17, 15) is 0 Å². The van der Waals surface area contributed by atoms with Crippen LogP contribution in [0.2, 0.25) is 0 Å². The van der Waals surface area contributed by atoms with Gasteiger partial charge in [0.25, 0.3) is 0 Å². The number of rotatable bonds is 5. The predicted octanol–water partition coefficient (Wildman–Crippen LogP) is 2.91. The molecule has 1 aromatic carbocycles. The van der Waals surface area contributed by atoms with Gasteiger partial charge < -0.3 is 10.6 Å². The SMILES string of the molecule is CCCCNC(=NC)NCC1Cc2ccccc21.I. The van der Waals surface area contributed by atoms with Gasteiger partial charge in [-0.3, -0.25) is 4.99 Å². The summed E-state index contributed by atoms with van der Waals surface area (Å²) in [5.74, 6) is 1.57. The lowest BCUT2D eigenvalue weighted by molar-refractivity contribution is 0.582. The van der Waals surface area contributed by atoms with Crippen molar-refractivity contribution in [2.24, 2.45) is 4.99 Å². The van der Waals surface area contributed by atoms with Crippen molar-refractivity contribution in [2.45, 2.75) is 32.1 Å². The number of hydrogen-bond donors (Lipinski definition) is 2. The molecule has 1 aromatic rings. The zero-order chi connectivity index (χ0) is 12.8. The van der Waals surface area contributed by atoms with Crippen LogP contribution in [-0.4, -0.2) is 26.1 Å². The highest BCUT2D eigenvalue weighted by Gasteiger charge is 2.24. The minimum absolute atomic E-state index is 0. The highest BCUT2D eigenvalue weighted by Crippen LogP contribution is 2.33. The van der Waals surface area contributed by atoms with Crippen LogP contribution < -0.4 is 10.6 Å². The fourth-order valence-electron chi connectivity index (χ4n) is 2.37. The maximum atomic E-state index is 4.24. The lowest BCUT2D eigenvalue weighted by atomic mass is 9.78. The molecule has 0 aliphatic heterocycles. The Balaban J connectivity index is 0.00000180. The minimum Gasteiger partial charge on any atom is -0.356 e. The number of benzene rings is 1. The Labute approximate surface area is 133 Å². The van der Waals surface area contributed by atoms with Crippen molar-refractivity contribution < 1.29 is 0 Å². The van der Waals surface area contributed by atoms with E-state index in [-0.39, 0.29) is 24.0 Å². The molecule has 4 heteroatoms. The second-order valence-electron chi connectivity index (χ2n) is 4.83. The summed E-state index contributed by atoms with van der Waals surface area (Å²) >= 11 is 0. The van der Waals surface area contributed by atoms with Crippen molar-refractivity contribution in [2.75, 3.05) is 20.1 Å². The van der Waals surface area contributed by atoms with E-state index < -0.39 is 0 Å². The molecular weight excluding hydrogens is 349 g/mol. The van der Waals surface area contributed by atoms with Gasteiger partial charge in [-0.1, -0.05) is 37.6 Å². The second-order valence-corrected chi connectivity index (χ2v) is 4.83. The number of fused-ring (bicyclic) bond motifs is 1. The molecule has 0 fully saturated rings. The van der Waals surface area contributed by atoms with E-state index in [0.717, 1.165) is 19.0 Å². The van der Waals surface area contributed by atoms with Crippen molar-refractivity contribution in [3.63, 3.8) is 0 Å². The summed E-state index contributed by atoms with van der Waals surface area (Å²) in [6.07, 6.45) is 3.59. The van der Waals surface area contributed by atoms with Crippen LogP contribution in [0.15, 0.2) is 29.3 Å². The van der Waals surface area contributed by atoms with E-state index in [4.69, 9.17) is 0 Å². The Hall–Kier alpha value is -0.780. The quantitative estimate of drug-likeness (QED) is 0.360. The summed E-state index contributed by atoms with van der Waals surface area (Å²) in [5.41, 5.74) is 2.99. The second kappa shape index (κ2) is 8.40. The van der Waals surface area contributed by atoms with Crippen LogP contribution in [0.1, 0.15) is 36.8 Å². The van der Waals surface area contributed by atoms with Crippen LogP contribution in [0, 0.1) is 0 Å². The molecule has 0 bridgehead atoms. The van der Waals surface area contributed by atoms with Crippen molar-refractivity contribution in [1.82, 2.24) is 10.6 Å². The largest absolute Gasteiger partial charge is 0.356 e. The van der Waals surface area contributed by atoms with Crippen LogP contribution in [0.5, 0.6) is 0 Å². The van der Waals surface area contributed by atoms with E-state index >= 15 is 0 Å². The van der Waals surface area contributed by atoms with Crippen LogP contribution in [0.25, 0.3) is 0 Å². The monoisotopic (exact) mass is 373 g/mol. The molecule has 0 amide bonds. The summed E-state index contributed by atoms with van der Waals surface area (Å²) in [6.45, 7) is 4.17. The van der Waals surface area contributed by atoms with Gasteiger partial charge in [0.05, 0.1) is 0 Å². The Bertz CT molecular complexity index is 418. The number of aliphatic imine (C=N–C) groups is 1. The first-order valence-electron chi connectivity index (χ1n) is 6.87. The number of guanidine groups is 1. The highest BCUT2D eigenvalue weighted by atomic mass is 127. The maximum Gasteiger partial charge on any atom is 0.190 e. The summed E-state index contributed by atoms with van der Waals surface area (Å²) in [4.78, 5) is 4.24. The normalized spacial score (nSPS) is 16.9. The number of nitrogens with one attached hydrogen (secondary N) is 2. The smallest absolute Gasteiger partial charge is 0.190 e. The molecule has 1 aliphatic rings. The molecule has 1 unspecified atom stereocenters. The molecule has 0 saturated carbocycles. The Morgan fingerprint density at radius 3 is 2.79 bits per heavy atom. The molecule has 1 atom stereocenters. The van der Waals surface area contributed by atoms with Crippen molar-refractivity contribution in [3.05, 3.63) is 35.4 Å². The van der Waals surface area contributed by atoms with E-state index in [0.29, 0.717) is 5.92 Å². The summed E-state index contributed by atoms with van der Waals surface area (Å²) in [5, 5.41) is 6.75. The summed E-state index contributed by atoms with van der Waals surface area (Å²) in [7, 11) is 1.83. The van der Waals surface area contributed by atoms with Gasteiger partial charge in [-0.25, -0.2) is 0 Å². The Morgan fingerprint density at radius 2 is 2.11 bits per heavy atom. The van der Waals surface area contributed by atoms with Gasteiger partial charge in [0.15, 0.2) is 5.96 Å². The number of nitrogens with zero attached hydrogens (tertiary/aromatic N) is 1. The molecule has 2 rings (SSSR count). The maximum absolute atomic E-state index is 4.24. The van der Waals surface area contributed by atoms with E-state index in [1.54, 1.807) is 0 Å². The molecule has 0 saturated heterocycles. The molecule has 0 spiro atoms. The lowest BCUT2D eigenvalue weighted by Gasteiger charge is -2.30. The number of unbranched alkanes of at least 4 members (excludes halogenated alkanes) is 1. The fourth-order valence-corrected chi connectivity index (χ4v) is 2.37. The van der Waals surface area contributed by atoms with Gasteiger partial charge in [0.2, 0.25) is 0 Å². The zero-order valence-corrected chi connectivity index (χ0v) is 14.1. The van der Waals surface area contributed by atoms with Gasteiger partial charge in [-0.2, -0.15) is 0 Å². The van der Waals surface area contributed by atoms with Gasteiger partial charge in [0, 0.05) is 26.1 Å². The number of hydrogen-bond acceptors (Lipinski definition) is 1. The van der Waals surface area contributed by atoms with Gasteiger partial charge in [-0.05, 0) is 24.0 Å². The molecule has 0 aromatic heterocycles. The molecule has 1 aliphatic carbocycles. The first kappa shape index (κ1) is 16.3.